The molecule has 144 valence electrons. The van der Waals surface area contributed by atoms with E-state index < -0.39 is 0 Å². The van der Waals surface area contributed by atoms with E-state index in [-0.39, 0.29) is 5.91 Å². The van der Waals surface area contributed by atoms with Crippen molar-refractivity contribution in [1.29, 1.82) is 0 Å². The number of amides is 1. The molecule has 0 bridgehead atoms. The average Bonchev–Trinajstić information content (AvgIpc) is 2.73. The van der Waals surface area contributed by atoms with Crippen LogP contribution in [0.1, 0.15) is 43.1 Å². The number of pyridine rings is 1. The molecule has 27 heavy (non-hydrogen) atoms. The molecule has 1 amide bonds. The van der Waals surface area contributed by atoms with Gasteiger partial charge in [-0.2, -0.15) is 0 Å². The maximum Gasteiger partial charge on any atom is 0.272 e. The Balaban J connectivity index is 1.75. The lowest BCUT2D eigenvalue weighted by molar-refractivity contribution is 0.0602. The van der Waals surface area contributed by atoms with Crippen molar-refractivity contribution < 1.29 is 14.3 Å². The number of nitrogens with zero attached hydrogens (tertiary/aromatic N) is 2. The SMILES string of the molecule is CCC1CCCCN1C(=O)c1ccc(Nc2cc(OC)ccc2OC)cn1. The number of hydrogen-bond acceptors (Lipinski definition) is 5. The van der Waals surface area contributed by atoms with Crippen LogP contribution < -0.4 is 14.8 Å². The molecule has 1 saturated heterocycles. The highest BCUT2D eigenvalue weighted by Gasteiger charge is 2.26. The molecule has 1 fully saturated rings. The van der Waals surface area contributed by atoms with Gasteiger partial charge in [0.1, 0.15) is 17.2 Å². The van der Waals surface area contributed by atoms with Crippen molar-refractivity contribution in [1.82, 2.24) is 9.88 Å². The van der Waals surface area contributed by atoms with Gasteiger partial charge >= 0.3 is 0 Å². The number of benzene rings is 1. The molecular weight excluding hydrogens is 342 g/mol. The number of ether oxygens (including phenoxy) is 2. The Hall–Kier alpha value is -2.76. The maximum atomic E-state index is 12.8. The second kappa shape index (κ2) is 8.75. The van der Waals surface area contributed by atoms with Crippen LogP contribution in [0.2, 0.25) is 0 Å². The fraction of sp³-hybridized carbons (Fsp3) is 0.429. The molecule has 2 heterocycles. The van der Waals surface area contributed by atoms with Crippen molar-refractivity contribution in [3.8, 4) is 11.5 Å². The van der Waals surface area contributed by atoms with Crippen molar-refractivity contribution in [3.05, 3.63) is 42.2 Å². The number of likely N-dealkylation sites (tertiary alicyclic amines) is 1. The van der Waals surface area contributed by atoms with E-state index in [1.165, 1.54) is 6.42 Å². The third-order valence-corrected chi connectivity index (χ3v) is 5.03. The molecule has 0 radical (unpaired) electrons. The Morgan fingerprint density at radius 2 is 2.07 bits per heavy atom. The van der Waals surface area contributed by atoms with Gasteiger partial charge in [-0.15, -0.1) is 0 Å². The van der Waals surface area contributed by atoms with Gasteiger partial charge < -0.3 is 19.7 Å². The van der Waals surface area contributed by atoms with Crippen LogP contribution in [0.25, 0.3) is 0 Å². The largest absolute Gasteiger partial charge is 0.497 e. The number of aromatic nitrogens is 1. The van der Waals surface area contributed by atoms with E-state index in [2.05, 4.69) is 17.2 Å². The summed E-state index contributed by atoms with van der Waals surface area (Å²) in [6.45, 7) is 2.96. The van der Waals surface area contributed by atoms with Crippen LogP contribution in [0, 0.1) is 0 Å². The third-order valence-electron chi connectivity index (χ3n) is 5.03. The summed E-state index contributed by atoms with van der Waals surface area (Å²) in [5.41, 5.74) is 2.04. The predicted octanol–water partition coefficient (Wildman–Crippen LogP) is 4.25. The van der Waals surface area contributed by atoms with Gasteiger partial charge in [-0.25, -0.2) is 4.98 Å². The first kappa shape index (κ1) is 19.0. The van der Waals surface area contributed by atoms with Gasteiger partial charge in [0.15, 0.2) is 0 Å². The number of hydrogen-bond donors (Lipinski definition) is 1. The maximum absolute atomic E-state index is 12.8. The van der Waals surface area contributed by atoms with Crippen molar-refractivity contribution in [2.45, 2.75) is 38.6 Å². The van der Waals surface area contributed by atoms with Gasteiger partial charge in [-0.1, -0.05) is 6.92 Å². The summed E-state index contributed by atoms with van der Waals surface area (Å²) in [5.74, 6) is 1.45. The van der Waals surface area contributed by atoms with Gasteiger partial charge in [0, 0.05) is 18.7 Å². The normalized spacial score (nSPS) is 16.7. The first-order chi connectivity index (χ1) is 13.2. The van der Waals surface area contributed by atoms with E-state index in [0.29, 0.717) is 17.5 Å². The molecule has 0 spiro atoms. The van der Waals surface area contributed by atoms with Gasteiger partial charge in [0.25, 0.3) is 5.91 Å². The molecule has 1 aliphatic rings. The van der Waals surface area contributed by atoms with Gasteiger partial charge in [-0.05, 0) is 49.9 Å². The highest BCUT2D eigenvalue weighted by atomic mass is 16.5. The van der Waals surface area contributed by atoms with E-state index in [0.717, 1.165) is 42.9 Å². The van der Waals surface area contributed by atoms with Crippen LogP contribution in [0.5, 0.6) is 11.5 Å². The fourth-order valence-electron chi connectivity index (χ4n) is 3.50. The Bertz CT molecular complexity index is 777. The van der Waals surface area contributed by atoms with E-state index in [9.17, 15) is 4.79 Å². The van der Waals surface area contributed by atoms with E-state index in [4.69, 9.17) is 9.47 Å². The quantitative estimate of drug-likeness (QED) is 0.825. The summed E-state index contributed by atoms with van der Waals surface area (Å²) in [6, 6.07) is 9.51. The lowest BCUT2D eigenvalue weighted by Gasteiger charge is -2.35. The number of anilines is 2. The number of piperidine rings is 1. The molecule has 1 aliphatic heterocycles. The highest BCUT2D eigenvalue weighted by Crippen LogP contribution is 2.31. The molecule has 3 rings (SSSR count). The van der Waals surface area contributed by atoms with Gasteiger partial charge in [-0.3, -0.25) is 4.79 Å². The van der Waals surface area contributed by atoms with E-state index in [1.54, 1.807) is 26.5 Å². The summed E-state index contributed by atoms with van der Waals surface area (Å²) in [4.78, 5) is 19.2. The van der Waals surface area contributed by atoms with Crippen molar-refractivity contribution in [3.63, 3.8) is 0 Å². The zero-order valence-electron chi connectivity index (χ0n) is 16.2. The summed E-state index contributed by atoms with van der Waals surface area (Å²) < 4.78 is 10.7. The molecule has 6 heteroatoms. The van der Waals surface area contributed by atoms with Crippen LogP contribution in [0.15, 0.2) is 36.5 Å². The first-order valence-electron chi connectivity index (χ1n) is 9.42. The van der Waals surface area contributed by atoms with Gasteiger partial charge in [0.2, 0.25) is 0 Å². The average molecular weight is 369 g/mol. The minimum Gasteiger partial charge on any atom is -0.497 e. The minimum atomic E-state index is 0.0204. The van der Waals surface area contributed by atoms with Crippen LogP contribution >= 0.6 is 0 Å². The highest BCUT2D eigenvalue weighted by molar-refractivity contribution is 5.93. The number of methoxy groups -OCH3 is 2. The van der Waals surface area contributed by atoms with E-state index >= 15 is 0 Å². The fourth-order valence-corrected chi connectivity index (χ4v) is 3.50. The van der Waals surface area contributed by atoms with Crippen molar-refractivity contribution in [2.24, 2.45) is 0 Å². The smallest absolute Gasteiger partial charge is 0.272 e. The Labute approximate surface area is 160 Å². The molecule has 1 aromatic heterocycles. The monoisotopic (exact) mass is 369 g/mol. The van der Waals surface area contributed by atoms with E-state index in [1.807, 2.05) is 29.2 Å². The zero-order valence-corrected chi connectivity index (χ0v) is 16.2. The topological polar surface area (TPSA) is 63.7 Å². The summed E-state index contributed by atoms with van der Waals surface area (Å²) in [6.07, 6.45) is 6.01. The number of nitrogens with one attached hydrogen (secondary N) is 1. The molecule has 6 nitrogen and oxygen atoms in total. The van der Waals surface area contributed by atoms with Crippen molar-refractivity contribution >= 4 is 17.3 Å². The van der Waals surface area contributed by atoms with Crippen LogP contribution in [0.3, 0.4) is 0 Å². The third kappa shape index (κ3) is 4.32. The molecule has 0 aliphatic carbocycles. The number of rotatable bonds is 6. The molecule has 1 N–H and O–H groups in total. The summed E-state index contributed by atoms with van der Waals surface area (Å²) in [5, 5.41) is 3.27. The van der Waals surface area contributed by atoms with Crippen LogP contribution in [-0.2, 0) is 0 Å². The molecule has 2 aromatic rings. The Kier molecular flexibility index (Phi) is 6.16. The molecule has 1 atom stereocenters. The molecule has 0 saturated carbocycles. The lowest BCUT2D eigenvalue weighted by Crippen LogP contribution is -2.43. The predicted molar refractivity (Wildman–Crippen MR) is 106 cm³/mol. The lowest BCUT2D eigenvalue weighted by atomic mass is 9.99. The second-order valence-electron chi connectivity index (χ2n) is 6.68. The minimum absolute atomic E-state index is 0.0204. The summed E-state index contributed by atoms with van der Waals surface area (Å²) in [7, 11) is 3.24. The molecular formula is C21H27N3O3. The van der Waals surface area contributed by atoms with Crippen LogP contribution in [-0.4, -0.2) is 42.6 Å². The van der Waals surface area contributed by atoms with Gasteiger partial charge in [0.05, 0.1) is 31.8 Å². The number of carbonyl (C=O) groups excluding carboxylic acids is 1. The standard InChI is InChI=1S/C21H27N3O3/c1-4-16-7-5-6-12-24(16)21(25)18-10-8-15(14-22-18)23-19-13-17(26-2)9-11-20(19)27-3/h8-11,13-14,16,23H,4-7,12H2,1-3H3. The number of carbonyl (C=O) groups is 1. The Morgan fingerprint density at radius 1 is 1.22 bits per heavy atom. The molecule has 1 unspecified atom stereocenters. The molecule has 1 aromatic carbocycles. The van der Waals surface area contributed by atoms with Crippen LogP contribution in [0.4, 0.5) is 11.4 Å². The van der Waals surface area contributed by atoms with Crippen molar-refractivity contribution in [2.75, 3.05) is 26.1 Å². The summed E-state index contributed by atoms with van der Waals surface area (Å²) >= 11 is 0. The zero-order chi connectivity index (χ0) is 19.2. The first-order valence-corrected chi connectivity index (χ1v) is 9.42. The second-order valence-corrected chi connectivity index (χ2v) is 6.68. The Morgan fingerprint density at radius 3 is 2.74 bits per heavy atom.